The normalized spacial score (nSPS) is 13.9. The summed E-state index contributed by atoms with van der Waals surface area (Å²) in [5.74, 6) is -3.35. The average molecular weight is 648 g/mol. The number of benzene rings is 1. The lowest BCUT2D eigenvalue weighted by molar-refractivity contribution is -0.158. The SMILES string of the molecule is CN(C)/C=N\c1nc2cc3c(nc2c(=O)[nH]1)C(=O)N(c1ccc(C(=O)N[C@@H](CCC(=O)OC(C)(C)C)C(=O)OC(C)(C)C)cc1)C3=O. The van der Waals surface area contributed by atoms with Gasteiger partial charge in [0, 0.05) is 26.1 Å². The molecular formula is C32H37N7O8. The van der Waals surface area contributed by atoms with Crippen molar-refractivity contribution in [3.05, 3.63) is 57.5 Å². The molecule has 0 radical (unpaired) electrons. The first-order valence-electron chi connectivity index (χ1n) is 14.7. The van der Waals surface area contributed by atoms with Crippen molar-refractivity contribution in [2.45, 2.75) is 71.6 Å². The van der Waals surface area contributed by atoms with Gasteiger partial charge in [-0.05, 0) is 78.3 Å². The van der Waals surface area contributed by atoms with Gasteiger partial charge in [-0.3, -0.25) is 29.0 Å². The van der Waals surface area contributed by atoms with Gasteiger partial charge in [-0.2, -0.15) is 0 Å². The van der Waals surface area contributed by atoms with Crippen molar-refractivity contribution in [1.82, 2.24) is 25.2 Å². The Kier molecular flexibility index (Phi) is 9.59. The number of ether oxygens (including phenoxy) is 2. The molecule has 1 atom stereocenters. The first-order chi connectivity index (χ1) is 21.8. The van der Waals surface area contributed by atoms with Crippen LogP contribution in [0, 0.1) is 0 Å². The van der Waals surface area contributed by atoms with Crippen LogP contribution in [-0.2, 0) is 19.1 Å². The minimum Gasteiger partial charge on any atom is -0.460 e. The van der Waals surface area contributed by atoms with Crippen LogP contribution in [0.5, 0.6) is 0 Å². The molecule has 0 saturated carbocycles. The van der Waals surface area contributed by atoms with Crippen molar-refractivity contribution in [3.8, 4) is 0 Å². The van der Waals surface area contributed by atoms with Gasteiger partial charge in [-0.15, -0.1) is 0 Å². The summed E-state index contributed by atoms with van der Waals surface area (Å²) in [6.07, 6.45) is 1.23. The smallest absolute Gasteiger partial charge is 0.329 e. The Morgan fingerprint density at radius 2 is 1.62 bits per heavy atom. The number of H-pyrrole nitrogens is 1. The van der Waals surface area contributed by atoms with Crippen LogP contribution in [0.3, 0.4) is 0 Å². The number of imide groups is 1. The van der Waals surface area contributed by atoms with E-state index in [0.717, 1.165) is 4.90 Å². The number of hydrogen-bond acceptors (Lipinski definition) is 11. The van der Waals surface area contributed by atoms with Gasteiger partial charge in [-0.25, -0.2) is 24.7 Å². The van der Waals surface area contributed by atoms with Gasteiger partial charge >= 0.3 is 11.9 Å². The van der Waals surface area contributed by atoms with Gasteiger partial charge in [0.2, 0.25) is 5.95 Å². The van der Waals surface area contributed by atoms with Crippen LogP contribution in [0.2, 0.25) is 0 Å². The third-order valence-corrected chi connectivity index (χ3v) is 6.36. The van der Waals surface area contributed by atoms with E-state index in [2.05, 4.69) is 25.3 Å². The quantitative estimate of drug-likeness (QED) is 0.150. The highest BCUT2D eigenvalue weighted by Gasteiger charge is 2.39. The van der Waals surface area contributed by atoms with Crippen LogP contribution in [0.15, 0.2) is 40.1 Å². The van der Waals surface area contributed by atoms with E-state index in [4.69, 9.17) is 9.47 Å². The number of nitrogens with one attached hydrogen (secondary N) is 2. The minimum atomic E-state index is -1.16. The number of nitrogens with zero attached hydrogens (tertiary/aromatic N) is 5. The Bertz CT molecular complexity index is 1830. The van der Waals surface area contributed by atoms with Crippen LogP contribution in [0.25, 0.3) is 11.0 Å². The number of fused-ring (bicyclic) bond motifs is 2. The van der Waals surface area contributed by atoms with Crippen molar-refractivity contribution in [2.24, 2.45) is 4.99 Å². The molecule has 47 heavy (non-hydrogen) atoms. The number of aromatic amines is 1. The van der Waals surface area contributed by atoms with Gasteiger partial charge in [0.25, 0.3) is 23.3 Å². The van der Waals surface area contributed by atoms with E-state index in [1.54, 1.807) is 60.5 Å². The number of amides is 3. The standard InChI is InChI=1S/C32H37N7O8/c1-31(2,3)46-22(40)14-13-20(29(45)47-32(4,5)6)34-25(41)17-9-11-18(12-10-17)39-27(43)19-15-21-24(36-23(19)28(39)44)26(42)37-30(35-21)33-16-38(7)8/h9-12,15-16,20H,13-14H2,1-8H3,(H,34,41)(H,35,37,42)/b33-16-/t20-/m0/s1. The number of rotatable bonds is 9. The molecule has 15 nitrogen and oxygen atoms in total. The van der Waals surface area contributed by atoms with E-state index < -0.39 is 52.5 Å². The van der Waals surface area contributed by atoms with Gasteiger partial charge in [-0.1, -0.05) is 0 Å². The van der Waals surface area contributed by atoms with Crippen molar-refractivity contribution < 1.29 is 33.4 Å². The number of carbonyl (C=O) groups excluding carboxylic acids is 5. The zero-order valence-electron chi connectivity index (χ0n) is 27.5. The molecule has 3 aromatic rings. The molecule has 3 heterocycles. The van der Waals surface area contributed by atoms with E-state index in [1.165, 1.54) is 36.7 Å². The van der Waals surface area contributed by atoms with E-state index in [0.29, 0.717) is 0 Å². The molecule has 0 saturated heterocycles. The second-order valence-electron chi connectivity index (χ2n) is 13.0. The molecule has 1 aromatic carbocycles. The van der Waals surface area contributed by atoms with Gasteiger partial charge < -0.3 is 19.7 Å². The van der Waals surface area contributed by atoms with E-state index in [-0.39, 0.29) is 52.3 Å². The summed E-state index contributed by atoms with van der Waals surface area (Å²) < 4.78 is 10.8. The fourth-order valence-corrected chi connectivity index (χ4v) is 4.45. The summed E-state index contributed by atoms with van der Waals surface area (Å²) in [6.45, 7) is 10.2. The van der Waals surface area contributed by atoms with Crippen molar-refractivity contribution >= 4 is 58.7 Å². The molecular weight excluding hydrogens is 610 g/mol. The van der Waals surface area contributed by atoms with Gasteiger partial charge in [0.15, 0.2) is 5.52 Å². The summed E-state index contributed by atoms with van der Waals surface area (Å²) in [5.41, 5.74) is -2.24. The van der Waals surface area contributed by atoms with Crippen LogP contribution in [0.4, 0.5) is 11.6 Å². The van der Waals surface area contributed by atoms with E-state index >= 15 is 0 Å². The molecule has 15 heteroatoms. The zero-order valence-corrected chi connectivity index (χ0v) is 27.5. The molecule has 0 aliphatic carbocycles. The Balaban J connectivity index is 1.54. The van der Waals surface area contributed by atoms with Crippen molar-refractivity contribution in [2.75, 3.05) is 19.0 Å². The Labute approximate surface area is 270 Å². The minimum absolute atomic E-state index is 0.000748. The predicted molar refractivity (Wildman–Crippen MR) is 172 cm³/mol. The number of esters is 2. The molecule has 0 unspecified atom stereocenters. The van der Waals surface area contributed by atoms with Gasteiger partial charge in [0.05, 0.1) is 23.1 Å². The maximum absolute atomic E-state index is 13.3. The Hall–Kier alpha value is -5.47. The number of anilines is 1. The van der Waals surface area contributed by atoms with Crippen LogP contribution >= 0.6 is 0 Å². The molecule has 0 bridgehead atoms. The lowest BCUT2D eigenvalue weighted by Crippen LogP contribution is -2.44. The number of aliphatic imine (C=N–C) groups is 1. The fraction of sp³-hybridized carbons (Fsp3) is 0.406. The maximum atomic E-state index is 13.3. The van der Waals surface area contributed by atoms with E-state index in [1.807, 2.05) is 0 Å². The van der Waals surface area contributed by atoms with Crippen molar-refractivity contribution in [3.63, 3.8) is 0 Å². The molecule has 0 fully saturated rings. The summed E-state index contributed by atoms with van der Waals surface area (Å²) in [4.78, 5) is 95.1. The summed E-state index contributed by atoms with van der Waals surface area (Å²) in [5, 5.41) is 2.61. The summed E-state index contributed by atoms with van der Waals surface area (Å²) in [6, 6.07) is 5.68. The van der Waals surface area contributed by atoms with E-state index in [9.17, 15) is 28.8 Å². The predicted octanol–water partition coefficient (Wildman–Crippen LogP) is 2.90. The van der Waals surface area contributed by atoms with Crippen LogP contribution in [0.1, 0.15) is 85.6 Å². The number of aromatic nitrogens is 3. The fourth-order valence-electron chi connectivity index (χ4n) is 4.45. The molecule has 2 aromatic heterocycles. The number of pyridine rings is 1. The highest BCUT2D eigenvalue weighted by Crippen LogP contribution is 2.29. The number of carbonyl (C=O) groups is 5. The monoisotopic (exact) mass is 647 g/mol. The highest BCUT2D eigenvalue weighted by atomic mass is 16.6. The topological polar surface area (TPSA) is 193 Å². The average Bonchev–Trinajstić information content (AvgIpc) is 3.19. The molecule has 4 rings (SSSR count). The summed E-state index contributed by atoms with van der Waals surface area (Å²) in [7, 11) is 3.48. The Morgan fingerprint density at radius 3 is 2.21 bits per heavy atom. The second kappa shape index (κ2) is 13.1. The van der Waals surface area contributed by atoms with Crippen LogP contribution in [-0.4, -0.2) is 87.2 Å². The Morgan fingerprint density at radius 1 is 0.979 bits per heavy atom. The first-order valence-corrected chi connectivity index (χ1v) is 14.7. The van der Waals surface area contributed by atoms with Gasteiger partial charge in [0.1, 0.15) is 22.9 Å². The lowest BCUT2D eigenvalue weighted by atomic mass is 10.1. The zero-order chi connectivity index (χ0) is 34.8. The summed E-state index contributed by atoms with van der Waals surface area (Å²) >= 11 is 0. The largest absolute Gasteiger partial charge is 0.460 e. The second-order valence-corrected chi connectivity index (χ2v) is 13.0. The molecule has 0 spiro atoms. The third kappa shape index (κ3) is 8.42. The first kappa shape index (κ1) is 34.4. The van der Waals surface area contributed by atoms with Crippen molar-refractivity contribution in [1.29, 1.82) is 0 Å². The third-order valence-electron chi connectivity index (χ3n) is 6.36. The van der Waals surface area contributed by atoms with Crippen LogP contribution < -0.4 is 15.8 Å². The molecule has 1 aliphatic heterocycles. The maximum Gasteiger partial charge on any atom is 0.329 e. The molecule has 3 amide bonds. The highest BCUT2D eigenvalue weighted by molar-refractivity contribution is 6.34. The molecule has 2 N–H and O–H groups in total. The lowest BCUT2D eigenvalue weighted by Gasteiger charge is -2.25. The molecule has 1 aliphatic rings. The number of hydrogen-bond donors (Lipinski definition) is 2. The molecule has 248 valence electrons.